The number of rotatable bonds is 4. The van der Waals surface area contributed by atoms with Crippen molar-refractivity contribution in [2.24, 2.45) is 5.73 Å². The van der Waals surface area contributed by atoms with E-state index in [1.165, 1.54) is 26.4 Å². The molecule has 0 heterocycles. The Morgan fingerprint density at radius 2 is 1.67 bits per heavy atom. The van der Waals surface area contributed by atoms with E-state index in [1.54, 1.807) is 6.07 Å². The summed E-state index contributed by atoms with van der Waals surface area (Å²) >= 11 is 11.4. The minimum absolute atomic E-state index is 0.350. The van der Waals surface area contributed by atoms with Crippen LogP contribution in [0, 0.1) is 0 Å². The van der Waals surface area contributed by atoms with E-state index in [4.69, 9.17) is 33.1 Å². The summed E-state index contributed by atoms with van der Waals surface area (Å²) in [5.41, 5.74) is 5.59. The zero-order chi connectivity index (χ0) is 21.7. The standard InChI is InChI=1S/C7H7Cl2N.C5H8.C4H7NO3.CH4O.CH2O/c1-10-7-3-5(8)2-6(9)4-7;1-2-4-5-3-1;1-8-3(2-6)4(5)7;2*1-2/h2-4,10H,1H3;1-2H,3-5H2;2-3H,1H3,(H2,5,7);2H,1H3;1H2. The van der Waals surface area contributed by atoms with Gasteiger partial charge in [-0.15, -0.1) is 0 Å². The summed E-state index contributed by atoms with van der Waals surface area (Å²) in [4.78, 5) is 27.8. The summed E-state index contributed by atoms with van der Waals surface area (Å²) in [6.45, 7) is 2.00. The van der Waals surface area contributed by atoms with Gasteiger partial charge < -0.3 is 25.7 Å². The van der Waals surface area contributed by atoms with Crippen LogP contribution < -0.4 is 11.1 Å². The van der Waals surface area contributed by atoms with E-state index in [0.717, 1.165) is 12.8 Å². The van der Waals surface area contributed by atoms with Crippen LogP contribution in [0.25, 0.3) is 0 Å². The van der Waals surface area contributed by atoms with Crippen molar-refractivity contribution in [3.8, 4) is 0 Å². The normalized spacial score (nSPS) is 11.5. The number of aldehydes is 1. The summed E-state index contributed by atoms with van der Waals surface area (Å²) in [5, 5.41) is 11.2. The maximum absolute atomic E-state index is 10.0. The van der Waals surface area contributed by atoms with Gasteiger partial charge in [-0.05, 0) is 37.5 Å². The molecular weight excluding hydrogens is 395 g/mol. The number of carbonyl (C=O) groups is 3. The number of nitrogens with one attached hydrogen (secondary N) is 1. The van der Waals surface area contributed by atoms with Crippen molar-refractivity contribution < 1.29 is 24.2 Å². The molecule has 0 spiro atoms. The summed E-state index contributed by atoms with van der Waals surface area (Å²) in [6, 6.07) is 5.32. The number of hydrogen-bond donors (Lipinski definition) is 3. The maximum atomic E-state index is 10.0. The SMILES string of the molecule is C1=CCCC1.C=O.CNc1cc(Cl)cc(Cl)c1.CO.COC(C=O)C(N)=O. The van der Waals surface area contributed by atoms with Crippen LogP contribution in [0.3, 0.4) is 0 Å². The van der Waals surface area contributed by atoms with Gasteiger partial charge in [0.25, 0.3) is 5.91 Å². The molecule has 0 fully saturated rings. The van der Waals surface area contributed by atoms with Crippen molar-refractivity contribution in [3.63, 3.8) is 0 Å². The second-order valence-corrected chi connectivity index (χ2v) is 5.38. The van der Waals surface area contributed by atoms with E-state index in [9.17, 15) is 9.59 Å². The molecule has 0 aliphatic heterocycles. The number of aliphatic hydroxyl groups excluding tert-OH is 1. The molecule has 0 bridgehead atoms. The van der Waals surface area contributed by atoms with E-state index in [2.05, 4.69) is 27.9 Å². The highest BCUT2D eigenvalue weighted by molar-refractivity contribution is 6.35. The number of nitrogens with two attached hydrogens (primary N) is 1. The first-order chi connectivity index (χ1) is 12.9. The lowest BCUT2D eigenvalue weighted by atomic mass is 10.3. The minimum atomic E-state index is -1.09. The average molecular weight is 423 g/mol. The quantitative estimate of drug-likeness (QED) is 0.389. The molecule has 1 atom stereocenters. The Bertz CT molecular complexity index is 516. The van der Waals surface area contributed by atoms with Gasteiger partial charge in [-0.1, -0.05) is 35.4 Å². The first-order valence-electron chi connectivity index (χ1n) is 7.74. The Morgan fingerprint density at radius 3 is 1.85 bits per heavy atom. The molecule has 1 aromatic carbocycles. The van der Waals surface area contributed by atoms with Crippen LogP contribution in [-0.4, -0.2) is 51.5 Å². The third-order valence-corrected chi connectivity index (χ3v) is 3.15. The molecule has 2 rings (SSSR count). The summed E-state index contributed by atoms with van der Waals surface area (Å²) in [7, 11) is 4.06. The van der Waals surface area contributed by atoms with Crippen molar-refractivity contribution in [2.75, 3.05) is 26.6 Å². The van der Waals surface area contributed by atoms with Crippen molar-refractivity contribution in [1.82, 2.24) is 0 Å². The van der Waals surface area contributed by atoms with Gasteiger partial charge in [0.15, 0.2) is 12.4 Å². The number of anilines is 1. The Balaban J connectivity index is -0.000000303. The summed E-state index contributed by atoms with van der Waals surface area (Å²) in [6.07, 6.45) is 7.76. The number of halogens is 2. The fourth-order valence-electron chi connectivity index (χ4n) is 1.53. The van der Waals surface area contributed by atoms with Crippen molar-refractivity contribution in [1.29, 1.82) is 0 Å². The van der Waals surface area contributed by atoms with Crippen molar-refractivity contribution in [2.45, 2.75) is 25.4 Å². The number of carbonyl (C=O) groups excluding carboxylic acids is 3. The van der Waals surface area contributed by atoms with Gasteiger partial charge in [0.05, 0.1) is 0 Å². The fraction of sp³-hybridized carbons (Fsp3) is 0.389. The maximum Gasteiger partial charge on any atom is 0.253 e. The molecule has 1 amide bonds. The molecule has 0 radical (unpaired) electrons. The number of aliphatic hydroxyl groups is 1. The molecule has 0 saturated carbocycles. The van der Waals surface area contributed by atoms with Crippen LogP contribution in [0.4, 0.5) is 5.69 Å². The molecule has 0 saturated heterocycles. The van der Waals surface area contributed by atoms with Gasteiger partial charge in [0, 0.05) is 37.0 Å². The molecule has 1 unspecified atom stereocenters. The van der Waals surface area contributed by atoms with Crippen molar-refractivity contribution in [3.05, 3.63) is 40.4 Å². The molecule has 7 nitrogen and oxygen atoms in total. The second-order valence-electron chi connectivity index (χ2n) is 4.51. The fourth-order valence-corrected chi connectivity index (χ4v) is 2.05. The summed E-state index contributed by atoms with van der Waals surface area (Å²) in [5.74, 6) is -0.762. The highest BCUT2D eigenvalue weighted by atomic mass is 35.5. The minimum Gasteiger partial charge on any atom is -0.400 e. The predicted molar refractivity (Wildman–Crippen MR) is 110 cm³/mol. The Labute approximate surface area is 170 Å². The van der Waals surface area contributed by atoms with E-state index in [0.29, 0.717) is 16.3 Å². The van der Waals surface area contributed by atoms with Gasteiger partial charge in [-0.25, -0.2) is 0 Å². The van der Waals surface area contributed by atoms with Crippen LogP contribution in [0.5, 0.6) is 0 Å². The number of methoxy groups -OCH3 is 1. The Morgan fingerprint density at radius 1 is 1.22 bits per heavy atom. The third kappa shape index (κ3) is 18.7. The Kier molecular flexibility index (Phi) is 24.4. The van der Waals surface area contributed by atoms with Gasteiger partial charge in [-0.2, -0.15) is 0 Å². The number of primary amides is 1. The zero-order valence-corrected chi connectivity index (χ0v) is 17.3. The number of benzene rings is 1. The van der Waals surface area contributed by atoms with Crippen LogP contribution in [0.1, 0.15) is 19.3 Å². The van der Waals surface area contributed by atoms with Crippen molar-refractivity contribution >= 4 is 47.9 Å². The largest absolute Gasteiger partial charge is 0.400 e. The van der Waals surface area contributed by atoms with Gasteiger partial charge in [0.1, 0.15) is 6.79 Å². The van der Waals surface area contributed by atoms with Crippen LogP contribution in [0.2, 0.25) is 10.0 Å². The van der Waals surface area contributed by atoms with Gasteiger partial charge in [-0.3, -0.25) is 9.59 Å². The second kappa shape index (κ2) is 22.1. The van der Waals surface area contributed by atoms with E-state index < -0.39 is 12.0 Å². The lowest BCUT2D eigenvalue weighted by Crippen LogP contribution is -2.31. The monoisotopic (exact) mass is 422 g/mol. The highest BCUT2D eigenvalue weighted by Crippen LogP contribution is 2.21. The predicted octanol–water partition coefficient (Wildman–Crippen LogP) is 2.87. The first-order valence-corrected chi connectivity index (χ1v) is 8.50. The molecular formula is C18H28Cl2N2O5. The topological polar surface area (TPSA) is 119 Å². The van der Waals surface area contributed by atoms with E-state index >= 15 is 0 Å². The van der Waals surface area contributed by atoms with Gasteiger partial charge >= 0.3 is 0 Å². The molecule has 4 N–H and O–H groups in total. The first kappa shape index (κ1) is 29.8. The lowest BCUT2D eigenvalue weighted by molar-refractivity contribution is -0.133. The lowest BCUT2D eigenvalue weighted by Gasteiger charge is -1.99. The molecule has 9 heteroatoms. The van der Waals surface area contributed by atoms with Crippen LogP contribution >= 0.6 is 23.2 Å². The number of ether oxygens (including phenoxy) is 1. The number of allylic oxidation sites excluding steroid dienone is 2. The molecule has 0 aromatic heterocycles. The highest BCUT2D eigenvalue weighted by Gasteiger charge is 2.10. The number of hydrogen-bond acceptors (Lipinski definition) is 6. The molecule has 154 valence electrons. The number of amides is 1. The summed E-state index contributed by atoms with van der Waals surface area (Å²) < 4.78 is 4.32. The van der Waals surface area contributed by atoms with Gasteiger partial charge in [0.2, 0.25) is 0 Å². The van der Waals surface area contributed by atoms with Crippen LogP contribution in [-0.2, 0) is 19.1 Å². The smallest absolute Gasteiger partial charge is 0.253 e. The molecule has 1 aliphatic carbocycles. The zero-order valence-electron chi connectivity index (χ0n) is 15.8. The Hall–Kier alpha value is -1.93. The van der Waals surface area contributed by atoms with E-state index in [-0.39, 0.29) is 0 Å². The molecule has 27 heavy (non-hydrogen) atoms. The third-order valence-electron chi connectivity index (χ3n) is 2.72. The van der Waals surface area contributed by atoms with E-state index in [1.807, 2.05) is 26.0 Å². The molecule has 1 aromatic rings. The molecule has 1 aliphatic rings. The average Bonchev–Trinajstić information content (AvgIpc) is 3.25. The van der Waals surface area contributed by atoms with Crippen LogP contribution in [0.15, 0.2) is 30.4 Å².